The normalized spacial score (nSPS) is 18.3. The molecule has 1 aliphatic heterocycles. The van der Waals surface area contributed by atoms with Crippen LogP contribution in [-0.4, -0.2) is 31.6 Å². The van der Waals surface area contributed by atoms with Gasteiger partial charge in [0.1, 0.15) is 11.6 Å². The maximum absolute atomic E-state index is 13.5. The first-order valence-electron chi connectivity index (χ1n) is 7.59. The van der Waals surface area contributed by atoms with Crippen molar-refractivity contribution in [2.45, 2.75) is 12.6 Å². The topological polar surface area (TPSA) is 24.5 Å². The fourth-order valence-electron chi connectivity index (χ4n) is 2.94. The first kappa shape index (κ1) is 17.7. The highest BCUT2D eigenvalue weighted by Crippen LogP contribution is 2.25. The van der Waals surface area contributed by atoms with Crippen molar-refractivity contribution in [3.05, 3.63) is 65.5 Å². The van der Waals surface area contributed by atoms with Gasteiger partial charge in [-0.25, -0.2) is 4.39 Å². The second-order valence-electron chi connectivity index (χ2n) is 5.59. The third-order valence-corrected chi connectivity index (χ3v) is 4.13. The lowest BCUT2D eigenvalue weighted by atomic mass is 10.0. The SMILES string of the molecule is COc1ccc(CN2CCNCC2c2cccc(F)c2)cc1.Cl. The highest BCUT2D eigenvalue weighted by Gasteiger charge is 2.24. The third kappa shape index (κ3) is 4.44. The Morgan fingerprint density at radius 2 is 2.00 bits per heavy atom. The number of piperazine rings is 1. The first-order chi connectivity index (χ1) is 10.8. The summed E-state index contributed by atoms with van der Waals surface area (Å²) in [6, 6.07) is 15.3. The van der Waals surface area contributed by atoms with E-state index in [1.54, 1.807) is 19.2 Å². The Morgan fingerprint density at radius 3 is 2.70 bits per heavy atom. The van der Waals surface area contributed by atoms with Crippen LogP contribution < -0.4 is 10.1 Å². The van der Waals surface area contributed by atoms with Crippen molar-refractivity contribution in [2.75, 3.05) is 26.7 Å². The zero-order valence-corrected chi connectivity index (χ0v) is 14.0. The molecule has 0 aliphatic carbocycles. The number of rotatable bonds is 4. The molecule has 2 aromatic rings. The summed E-state index contributed by atoms with van der Waals surface area (Å²) < 4.78 is 18.7. The molecular weight excluding hydrogens is 315 g/mol. The number of halogens is 2. The van der Waals surface area contributed by atoms with Crippen LogP contribution >= 0.6 is 12.4 Å². The Labute approximate surface area is 142 Å². The van der Waals surface area contributed by atoms with Gasteiger partial charge in [-0.3, -0.25) is 4.90 Å². The molecule has 0 amide bonds. The van der Waals surface area contributed by atoms with E-state index < -0.39 is 0 Å². The molecule has 1 unspecified atom stereocenters. The summed E-state index contributed by atoms with van der Waals surface area (Å²) in [6.45, 7) is 3.61. The van der Waals surface area contributed by atoms with Crippen LogP contribution in [0.3, 0.4) is 0 Å². The van der Waals surface area contributed by atoms with E-state index in [1.807, 2.05) is 18.2 Å². The van der Waals surface area contributed by atoms with Crippen molar-refractivity contribution in [1.82, 2.24) is 10.2 Å². The standard InChI is InChI=1S/C18H21FN2O.ClH/c1-22-17-7-5-14(6-8-17)13-21-10-9-20-12-18(21)15-3-2-4-16(19)11-15;/h2-8,11,18,20H,9-10,12-13H2,1H3;1H. The number of hydrogen-bond acceptors (Lipinski definition) is 3. The highest BCUT2D eigenvalue weighted by atomic mass is 35.5. The molecule has 5 heteroatoms. The fraction of sp³-hybridized carbons (Fsp3) is 0.333. The number of nitrogens with zero attached hydrogens (tertiary/aromatic N) is 1. The van der Waals surface area contributed by atoms with Gasteiger partial charge in [0.2, 0.25) is 0 Å². The minimum Gasteiger partial charge on any atom is -0.497 e. The number of hydrogen-bond donors (Lipinski definition) is 1. The zero-order valence-electron chi connectivity index (χ0n) is 13.2. The van der Waals surface area contributed by atoms with Crippen LogP contribution in [0.2, 0.25) is 0 Å². The van der Waals surface area contributed by atoms with Crippen molar-refractivity contribution < 1.29 is 9.13 Å². The first-order valence-corrected chi connectivity index (χ1v) is 7.59. The van der Waals surface area contributed by atoms with Gasteiger partial charge < -0.3 is 10.1 Å². The lowest BCUT2D eigenvalue weighted by Gasteiger charge is -2.36. The molecule has 2 aromatic carbocycles. The van der Waals surface area contributed by atoms with Crippen LogP contribution in [0.5, 0.6) is 5.75 Å². The molecule has 0 aromatic heterocycles. The van der Waals surface area contributed by atoms with E-state index >= 15 is 0 Å². The van der Waals surface area contributed by atoms with Gasteiger partial charge in [-0.15, -0.1) is 12.4 Å². The molecule has 0 bridgehead atoms. The second-order valence-corrected chi connectivity index (χ2v) is 5.59. The van der Waals surface area contributed by atoms with Gasteiger partial charge in [0.05, 0.1) is 7.11 Å². The van der Waals surface area contributed by atoms with Crippen LogP contribution in [0.15, 0.2) is 48.5 Å². The molecule has 0 saturated carbocycles. The van der Waals surface area contributed by atoms with Crippen molar-refractivity contribution in [2.24, 2.45) is 0 Å². The van der Waals surface area contributed by atoms with Crippen molar-refractivity contribution >= 4 is 12.4 Å². The molecular formula is C18H22ClFN2O. The number of ether oxygens (including phenoxy) is 1. The Balaban J connectivity index is 0.00000192. The summed E-state index contributed by atoms with van der Waals surface area (Å²) in [4.78, 5) is 2.40. The molecule has 3 nitrogen and oxygen atoms in total. The van der Waals surface area contributed by atoms with Gasteiger partial charge in [0.15, 0.2) is 0 Å². The minimum absolute atomic E-state index is 0. The molecule has 3 rings (SSSR count). The molecule has 124 valence electrons. The molecule has 1 fully saturated rings. The van der Waals surface area contributed by atoms with E-state index in [1.165, 1.54) is 11.6 Å². The van der Waals surface area contributed by atoms with Gasteiger partial charge >= 0.3 is 0 Å². The summed E-state index contributed by atoms with van der Waals surface area (Å²) in [5.74, 6) is 0.693. The third-order valence-electron chi connectivity index (χ3n) is 4.13. The number of benzene rings is 2. The molecule has 0 radical (unpaired) electrons. The quantitative estimate of drug-likeness (QED) is 0.926. The fourth-order valence-corrected chi connectivity index (χ4v) is 2.94. The molecule has 1 atom stereocenters. The molecule has 0 spiro atoms. The average Bonchev–Trinajstić information content (AvgIpc) is 2.56. The largest absolute Gasteiger partial charge is 0.497 e. The highest BCUT2D eigenvalue weighted by molar-refractivity contribution is 5.85. The monoisotopic (exact) mass is 336 g/mol. The van der Waals surface area contributed by atoms with Crippen LogP contribution in [0.1, 0.15) is 17.2 Å². The average molecular weight is 337 g/mol. The molecule has 1 saturated heterocycles. The predicted octanol–water partition coefficient (Wildman–Crippen LogP) is 3.40. The lowest BCUT2D eigenvalue weighted by Crippen LogP contribution is -2.45. The second kappa shape index (κ2) is 8.29. The maximum Gasteiger partial charge on any atom is 0.123 e. The lowest BCUT2D eigenvalue weighted by molar-refractivity contribution is 0.153. The van der Waals surface area contributed by atoms with E-state index in [2.05, 4.69) is 22.3 Å². The van der Waals surface area contributed by atoms with E-state index in [0.717, 1.165) is 37.5 Å². The van der Waals surface area contributed by atoms with E-state index in [9.17, 15) is 4.39 Å². The van der Waals surface area contributed by atoms with E-state index in [0.29, 0.717) is 0 Å². The van der Waals surface area contributed by atoms with Crippen molar-refractivity contribution in [3.8, 4) is 5.75 Å². The maximum atomic E-state index is 13.5. The van der Waals surface area contributed by atoms with Crippen LogP contribution in [-0.2, 0) is 6.54 Å². The number of methoxy groups -OCH3 is 1. The van der Waals surface area contributed by atoms with Crippen LogP contribution in [0.4, 0.5) is 4.39 Å². The Hall–Kier alpha value is -1.62. The number of nitrogens with one attached hydrogen (secondary N) is 1. The van der Waals surface area contributed by atoms with Gasteiger partial charge in [0.25, 0.3) is 0 Å². The van der Waals surface area contributed by atoms with Crippen LogP contribution in [0, 0.1) is 5.82 Å². The van der Waals surface area contributed by atoms with Gasteiger partial charge in [0, 0.05) is 32.2 Å². The Bertz CT molecular complexity index is 621. The summed E-state index contributed by atoms with van der Waals surface area (Å²) >= 11 is 0. The smallest absolute Gasteiger partial charge is 0.123 e. The molecule has 1 aliphatic rings. The summed E-state index contributed by atoms with van der Waals surface area (Å²) in [7, 11) is 1.67. The molecule has 1 N–H and O–H groups in total. The van der Waals surface area contributed by atoms with Gasteiger partial charge in [-0.2, -0.15) is 0 Å². The van der Waals surface area contributed by atoms with Gasteiger partial charge in [-0.05, 0) is 35.4 Å². The van der Waals surface area contributed by atoms with Crippen molar-refractivity contribution in [1.29, 1.82) is 0 Å². The van der Waals surface area contributed by atoms with E-state index in [4.69, 9.17) is 4.74 Å². The Morgan fingerprint density at radius 1 is 1.22 bits per heavy atom. The molecule has 1 heterocycles. The van der Waals surface area contributed by atoms with E-state index in [-0.39, 0.29) is 24.3 Å². The summed E-state index contributed by atoms with van der Waals surface area (Å²) in [5, 5.41) is 3.40. The predicted molar refractivity (Wildman–Crippen MR) is 92.7 cm³/mol. The summed E-state index contributed by atoms with van der Waals surface area (Å²) in [5.41, 5.74) is 2.27. The summed E-state index contributed by atoms with van der Waals surface area (Å²) in [6.07, 6.45) is 0. The minimum atomic E-state index is -0.174. The Kier molecular flexibility index (Phi) is 6.39. The van der Waals surface area contributed by atoms with Gasteiger partial charge in [-0.1, -0.05) is 24.3 Å². The van der Waals surface area contributed by atoms with Crippen LogP contribution in [0.25, 0.3) is 0 Å². The van der Waals surface area contributed by atoms with Crippen molar-refractivity contribution in [3.63, 3.8) is 0 Å². The zero-order chi connectivity index (χ0) is 15.4. The molecule has 23 heavy (non-hydrogen) atoms.